The molecule has 0 aliphatic heterocycles. The summed E-state index contributed by atoms with van der Waals surface area (Å²) < 4.78 is 24.2. The van der Waals surface area contributed by atoms with E-state index in [4.69, 9.17) is 0 Å². The van der Waals surface area contributed by atoms with Crippen LogP contribution in [0.25, 0.3) is 0 Å². The topological polar surface area (TPSA) is 63.6 Å². The Labute approximate surface area is 98.8 Å². The number of benzene rings is 2. The Kier molecular flexibility index (Phi) is 3.01. The molecule has 0 atom stereocenters. The number of nitroso groups, excluding NO2 is 1. The van der Waals surface area contributed by atoms with E-state index in [-0.39, 0.29) is 15.5 Å². The molecule has 0 saturated carbocycles. The van der Waals surface area contributed by atoms with Crippen molar-refractivity contribution in [2.24, 2.45) is 5.18 Å². The number of hydrogen-bond donors (Lipinski definition) is 0. The Morgan fingerprint density at radius 3 is 1.82 bits per heavy atom. The monoisotopic (exact) mass is 247 g/mol. The van der Waals surface area contributed by atoms with E-state index in [9.17, 15) is 13.3 Å². The second-order valence-electron chi connectivity index (χ2n) is 3.40. The normalized spacial score (nSPS) is 11.1. The Morgan fingerprint density at radius 2 is 1.29 bits per heavy atom. The Balaban J connectivity index is 2.49. The SMILES string of the molecule is O=Nc1ccc(S(=O)(=O)c2ccccc2)cc1. The molecule has 86 valence electrons. The van der Waals surface area contributed by atoms with Crippen molar-refractivity contribution in [1.82, 2.24) is 0 Å². The van der Waals surface area contributed by atoms with E-state index in [2.05, 4.69) is 5.18 Å². The molecule has 0 radical (unpaired) electrons. The summed E-state index contributed by atoms with van der Waals surface area (Å²) in [4.78, 5) is 10.6. The quantitative estimate of drug-likeness (QED) is 0.783. The molecule has 0 saturated heterocycles. The summed E-state index contributed by atoms with van der Waals surface area (Å²) in [5.41, 5.74) is 0.206. The van der Waals surface area contributed by atoms with Gasteiger partial charge in [-0.3, -0.25) is 0 Å². The molecular weight excluding hydrogens is 238 g/mol. The van der Waals surface area contributed by atoms with Crippen LogP contribution in [0.4, 0.5) is 5.69 Å². The third-order valence-corrected chi connectivity index (χ3v) is 4.09. The van der Waals surface area contributed by atoms with Crippen LogP contribution in [0.15, 0.2) is 69.6 Å². The summed E-state index contributed by atoms with van der Waals surface area (Å²) in [6, 6.07) is 13.6. The highest BCUT2D eigenvalue weighted by Gasteiger charge is 2.16. The summed E-state index contributed by atoms with van der Waals surface area (Å²) in [5.74, 6) is 0. The van der Waals surface area contributed by atoms with Gasteiger partial charge in [0, 0.05) is 0 Å². The van der Waals surface area contributed by atoms with E-state index >= 15 is 0 Å². The fourth-order valence-corrected chi connectivity index (χ4v) is 2.70. The smallest absolute Gasteiger partial charge is 0.206 e. The molecule has 4 nitrogen and oxygen atoms in total. The third-order valence-electron chi connectivity index (χ3n) is 2.31. The van der Waals surface area contributed by atoms with Crippen LogP contribution >= 0.6 is 0 Å². The molecule has 0 fully saturated rings. The molecule has 0 unspecified atom stereocenters. The van der Waals surface area contributed by atoms with E-state index in [0.29, 0.717) is 0 Å². The molecule has 0 amide bonds. The van der Waals surface area contributed by atoms with E-state index in [1.165, 1.54) is 36.4 Å². The van der Waals surface area contributed by atoms with Crippen molar-refractivity contribution >= 4 is 15.5 Å². The molecule has 5 heteroatoms. The standard InChI is InChI=1S/C12H9NO3S/c14-13-10-6-8-12(9-7-10)17(15,16)11-4-2-1-3-5-11/h1-9H. The predicted octanol–water partition coefficient (Wildman–Crippen LogP) is 2.92. The van der Waals surface area contributed by atoms with Crippen LogP contribution in [0.1, 0.15) is 0 Å². The van der Waals surface area contributed by atoms with E-state index in [0.717, 1.165) is 0 Å². The summed E-state index contributed by atoms with van der Waals surface area (Å²) in [7, 11) is -3.51. The number of rotatable bonds is 3. The van der Waals surface area contributed by atoms with Crippen molar-refractivity contribution < 1.29 is 8.42 Å². The van der Waals surface area contributed by atoms with Gasteiger partial charge in [-0.05, 0) is 41.6 Å². The largest absolute Gasteiger partial charge is 0.219 e. The molecule has 0 bridgehead atoms. The minimum atomic E-state index is -3.51. The van der Waals surface area contributed by atoms with Crippen LogP contribution in [-0.2, 0) is 9.84 Å². The fraction of sp³-hybridized carbons (Fsp3) is 0. The summed E-state index contributed by atoms with van der Waals surface area (Å²) in [6.45, 7) is 0. The van der Waals surface area contributed by atoms with Gasteiger partial charge in [0.05, 0.1) is 9.79 Å². The minimum absolute atomic E-state index is 0.149. The van der Waals surface area contributed by atoms with Gasteiger partial charge >= 0.3 is 0 Å². The zero-order valence-electron chi connectivity index (χ0n) is 8.78. The van der Waals surface area contributed by atoms with Crippen molar-refractivity contribution in [1.29, 1.82) is 0 Å². The number of sulfone groups is 1. The Bertz CT molecular complexity index is 619. The lowest BCUT2D eigenvalue weighted by Gasteiger charge is -2.03. The molecule has 17 heavy (non-hydrogen) atoms. The van der Waals surface area contributed by atoms with Crippen molar-refractivity contribution in [3.8, 4) is 0 Å². The highest BCUT2D eigenvalue weighted by molar-refractivity contribution is 7.91. The van der Waals surface area contributed by atoms with Gasteiger partial charge in [-0.15, -0.1) is 4.91 Å². The maximum atomic E-state index is 12.1. The molecule has 2 aromatic rings. The third kappa shape index (κ3) is 2.24. The highest BCUT2D eigenvalue weighted by atomic mass is 32.2. The van der Waals surface area contributed by atoms with Gasteiger partial charge in [-0.1, -0.05) is 18.2 Å². The zero-order valence-corrected chi connectivity index (χ0v) is 9.59. The van der Waals surface area contributed by atoms with Crippen LogP contribution in [-0.4, -0.2) is 8.42 Å². The van der Waals surface area contributed by atoms with Gasteiger partial charge in [-0.25, -0.2) is 8.42 Å². The van der Waals surface area contributed by atoms with Gasteiger partial charge in [-0.2, -0.15) is 0 Å². The van der Waals surface area contributed by atoms with Crippen molar-refractivity contribution in [3.05, 3.63) is 59.5 Å². The van der Waals surface area contributed by atoms with Crippen LogP contribution in [0.3, 0.4) is 0 Å². The van der Waals surface area contributed by atoms with Crippen molar-refractivity contribution in [2.75, 3.05) is 0 Å². The average molecular weight is 247 g/mol. The van der Waals surface area contributed by atoms with Crippen LogP contribution in [0, 0.1) is 4.91 Å². The predicted molar refractivity (Wildman–Crippen MR) is 63.8 cm³/mol. The molecular formula is C12H9NO3S. The average Bonchev–Trinajstić information content (AvgIpc) is 2.40. The molecule has 0 spiro atoms. The zero-order chi connectivity index (χ0) is 12.3. The first-order chi connectivity index (χ1) is 8.14. The van der Waals surface area contributed by atoms with Gasteiger partial charge in [0.25, 0.3) is 0 Å². The molecule has 0 aliphatic rings. The van der Waals surface area contributed by atoms with Crippen LogP contribution in [0.5, 0.6) is 0 Å². The summed E-state index contributed by atoms with van der Waals surface area (Å²) >= 11 is 0. The molecule has 0 N–H and O–H groups in total. The Hall–Kier alpha value is -2.01. The lowest BCUT2D eigenvalue weighted by atomic mass is 10.3. The molecule has 0 aliphatic carbocycles. The second-order valence-corrected chi connectivity index (χ2v) is 5.35. The van der Waals surface area contributed by atoms with Gasteiger partial charge in [0.15, 0.2) is 0 Å². The van der Waals surface area contributed by atoms with Crippen LogP contribution < -0.4 is 0 Å². The maximum absolute atomic E-state index is 12.1. The number of nitrogens with zero attached hydrogens (tertiary/aromatic N) is 1. The van der Waals surface area contributed by atoms with Crippen LogP contribution in [0.2, 0.25) is 0 Å². The molecule has 2 rings (SSSR count). The minimum Gasteiger partial charge on any atom is -0.219 e. The van der Waals surface area contributed by atoms with E-state index in [1.807, 2.05) is 0 Å². The molecule has 2 aromatic carbocycles. The lowest BCUT2D eigenvalue weighted by Crippen LogP contribution is -2.00. The molecule has 0 heterocycles. The first-order valence-corrected chi connectivity index (χ1v) is 6.36. The van der Waals surface area contributed by atoms with E-state index in [1.54, 1.807) is 18.2 Å². The highest BCUT2D eigenvalue weighted by Crippen LogP contribution is 2.22. The van der Waals surface area contributed by atoms with Gasteiger partial charge in [0.1, 0.15) is 5.69 Å². The first-order valence-electron chi connectivity index (χ1n) is 4.88. The van der Waals surface area contributed by atoms with E-state index < -0.39 is 9.84 Å². The van der Waals surface area contributed by atoms with Crippen molar-refractivity contribution in [2.45, 2.75) is 9.79 Å². The number of hydrogen-bond acceptors (Lipinski definition) is 4. The van der Waals surface area contributed by atoms with Crippen molar-refractivity contribution in [3.63, 3.8) is 0 Å². The molecule has 0 aromatic heterocycles. The van der Waals surface area contributed by atoms with Gasteiger partial charge in [0.2, 0.25) is 9.84 Å². The lowest BCUT2D eigenvalue weighted by molar-refractivity contribution is 0.596. The summed E-state index contributed by atoms with van der Waals surface area (Å²) in [5, 5.41) is 2.72. The fourth-order valence-electron chi connectivity index (χ4n) is 1.42. The second kappa shape index (κ2) is 4.47. The Morgan fingerprint density at radius 1 is 0.765 bits per heavy atom. The maximum Gasteiger partial charge on any atom is 0.206 e. The summed E-state index contributed by atoms with van der Waals surface area (Å²) in [6.07, 6.45) is 0. The van der Waals surface area contributed by atoms with Gasteiger partial charge < -0.3 is 0 Å². The first kappa shape index (κ1) is 11.5.